The van der Waals surface area contributed by atoms with Gasteiger partial charge in [-0.1, -0.05) is 29.3 Å². The van der Waals surface area contributed by atoms with Gasteiger partial charge in [-0.3, -0.25) is 0 Å². The normalized spacial score (nSPS) is 11.5. The molecule has 0 bridgehead atoms. The van der Waals surface area contributed by atoms with E-state index < -0.39 is 11.7 Å². The lowest BCUT2D eigenvalue weighted by atomic mass is 9.98. The van der Waals surface area contributed by atoms with Crippen LogP contribution in [0.25, 0.3) is 11.1 Å². The molecule has 2 aromatic carbocycles. The first-order chi connectivity index (χ1) is 9.32. The molecule has 0 atom stereocenters. The lowest BCUT2D eigenvalue weighted by molar-refractivity contribution is -0.137. The number of hydrogen-bond donors (Lipinski definition) is 0. The molecule has 106 valence electrons. The highest BCUT2D eigenvalue weighted by Crippen LogP contribution is 2.43. The summed E-state index contributed by atoms with van der Waals surface area (Å²) in [5, 5.41) is 0.512. The van der Waals surface area contributed by atoms with Crippen molar-refractivity contribution in [3.8, 4) is 16.9 Å². The largest absolute Gasteiger partial charge is 0.496 e. The minimum absolute atomic E-state index is 0.0769. The fraction of sp³-hybridized carbons (Fsp3) is 0.143. The lowest BCUT2D eigenvalue weighted by Gasteiger charge is -2.16. The molecule has 0 amide bonds. The molecule has 0 aliphatic rings. The SMILES string of the molecule is COc1cccc(C(F)(F)F)c1-c1cc(Cl)cc(Cl)c1. The molecule has 0 fully saturated rings. The second kappa shape index (κ2) is 5.54. The molecule has 1 nitrogen and oxygen atoms in total. The molecule has 0 saturated carbocycles. The van der Waals surface area contributed by atoms with E-state index in [-0.39, 0.29) is 26.9 Å². The van der Waals surface area contributed by atoms with Crippen molar-refractivity contribution in [1.82, 2.24) is 0 Å². The van der Waals surface area contributed by atoms with Crippen LogP contribution in [0.2, 0.25) is 10.0 Å². The maximum Gasteiger partial charge on any atom is 0.417 e. The van der Waals surface area contributed by atoms with E-state index in [1.54, 1.807) is 0 Å². The average Bonchev–Trinajstić information content (AvgIpc) is 2.35. The summed E-state index contributed by atoms with van der Waals surface area (Å²) in [5.41, 5.74) is -0.616. The van der Waals surface area contributed by atoms with Crippen LogP contribution in [0, 0.1) is 0 Å². The zero-order valence-corrected chi connectivity index (χ0v) is 11.8. The minimum Gasteiger partial charge on any atom is -0.496 e. The van der Waals surface area contributed by atoms with Gasteiger partial charge in [-0.2, -0.15) is 13.2 Å². The fourth-order valence-electron chi connectivity index (χ4n) is 1.93. The quantitative estimate of drug-likeness (QED) is 0.690. The maximum absolute atomic E-state index is 13.1. The molecule has 20 heavy (non-hydrogen) atoms. The fourth-order valence-corrected chi connectivity index (χ4v) is 2.46. The molecule has 0 aliphatic carbocycles. The molecule has 6 heteroatoms. The van der Waals surface area contributed by atoms with Crippen LogP contribution in [0.5, 0.6) is 5.75 Å². The second-order valence-corrected chi connectivity index (χ2v) is 4.91. The van der Waals surface area contributed by atoms with Gasteiger partial charge >= 0.3 is 6.18 Å². The van der Waals surface area contributed by atoms with Crippen molar-refractivity contribution in [1.29, 1.82) is 0 Å². The average molecular weight is 321 g/mol. The van der Waals surface area contributed by atoms with Crippen LogP contribution < -0.4 is 4.74 Å². The first-order valence-corrected chi connectivity index (χ1v) is 6.29. The van der Waals surface area contributed by atoms with E-state index in [0.29, 0.717) is 0 Å². The number of rotatable bonds is 2. The molecular formula is C14H9Cl2F3O. The molecule has 0 radical (unpaired) electrons. The zero-order chi connectivity index (χ0) is 14.9. The Balaban J connectivity index is 2.77. The molecule has 0 aliphatic heterocycles. The third-order valence-corrected chi connectivity index (χ3v) is 3.14. The summed E-state index contributed by atoms with van der Waals surface area (Å²) in [6.45, 7) is 0. The topological polar surface area (TPSA) is 9.23 Å². The van der Waals surface area contributed by atoms with Crippen molar-refractivity contribution >= 4 is 23.2 Å². The molecule has 0 aromatic heterocycles. The molecule has 0 spiro atoms. The first kappa shape index (κ1) is 15.0. The Labute approximate surface area is 123 Å². The Morgan fingerprint density at radius 3 is 2.10 bits per heavy atom. The monoisotopic (exact) mass is 320 g/mol. The highest BCUT2D eigenvalue weighted by Gasteiger charge is 2.35. The molecule has 0 heterocycles. The molecule has 0 N–H and O–H groups in total. The van der Waals surface area contributed by atoms with Gasteiger partial charge in [0.05, 0.1) is 12.7 Å². The van der Waals surface area contributed by atoms with Crippen molar-refractivity contribution in [3.63, 3.8) is 0 Å². The van der Waals surface area contributed by atoms with Crippen molar-refractivity contribution in [2.24, 2.45) is 0 Å². The molecule has 0 unspecified atom stereocenters. The van der Waals surface area contributed by atoms with E-state index in [4.69, 9.17) is 27.9 Å². The number of alkyl halides is 3. The Morgan fingerprint density at radius 2 is 1.60 bits per heavy atom. The van der Waals surface area contributed by atoms with Crippen LogP contribution in [0.3, 0.4) is 0 Å². The van der Waals surface area contributed by atoms with Crippen molar-refractivity contribution in [3.05, 3.63) is 52.0 Å². The van der Waals surface area contributed by atoms with E-state index >= 15 is 0 Å². The standard InChI is InChI=1S/C14H9Cl2F3O/c1-20-12-4-2-3-11(14(17,18)19)13(12)8-5-9(15)7-10(16)6-8/h2-7H,1H3. The van der Waals surface area contributed by atoms with E-state index in [1.807, 2.05) is 0 Å². The second-order valence-electron chi connectivity index (χ2n) is 4.04. The maximum atomic E-state index is 13.1. The van der Waals surface area contributed by atoms with Crippen LogP contribution in [-0.4, -0.2) is 7.11 Å². The Hall–Kier alpha value is -1.39. The van der Waals surface area contributed by atoms with Gasteiger partial charge in [0.25, 0.3) is 0 Å². The van der Waals surface area contributed by atoms with Crippen LogP contribution in [0.1, 0.15) is 5.56 Å². The van der Waals surface area contributed by atoms with Crippen LogP contribution in [0.4, 0.5) is 13.2 Å². The summed E-state index contributed by atoms with van der Waals surface area (Å²) in [6, 6.07) is 8.03. The number of methoxy groups -OCH3 is 1. The summed E-state index contributed by atoms with van der Waals surface area (Å²) in [5.74, 6) is 0.109. The van der Waals surface area contributed by atoms with Gasteiger partial charge in [0.1, 0.15) is 5.75 Å². The minimum atomic E-state index is -4.50. The van der Waals surface area contributed by atoms with Gasteiger partial charge < -0.3 is 4.74 Å². The Morgan fingerprint density at radius 1 is 1.00 bits per heavy atom. The summed E-state index contributed by atoms with van der Waals surface area (Å²) < 4.78 is 44.4. The Bertz CT molecular complexity index is 619. The van der Waals surface area contributed by atoms with Crippen molar-refractivity contribution < 1.29 is 17.9 Å². The number of benzene rings is 2. The van der Waals surface area contributed by atoms with Crippen LogP contribution in [-0.2, 0) is 6.18 Å². The zero-order valence-electron chi connectivity index (χ0n) is 10.3. The highest BCUT2D eigenvalue weighted by atomic mass is 35.5. The van der Waals surface area contributed by atoms with Gasteiger partial charge in [-0.25, -0.2) is 0 Å². The molecule has 0 saturated heterocycles. The van der Waals surface area contributed by atoms with Gasteiger partial charge in [0.2, 0.25) is 0 Å². The van der Waals surface area contributed by atoms with Gasteiger partial charge in [0, 0.05) is 15.6 Å². The Kier molecular flexibility index (Phi) is 4.16. The smallest absolute Gasteiger partial charge is 0.417 e. The third kappa shape index (κ3) is 3.02. The summed E-state index contributed by atoms with van der Waals surface area (Å²) in [6.07, 6.45) is -4.50. The molecular weight excluding hydrogens is 312 g/mol. The predicted octanol–water partition coefficient (Wildman–Crippen LogP) is 5.69. The number of halogens is 5. The molecule has 2 aromatic rings. The summed E-state index contributed by atoms with van der Waals surface area (Å²) in [4.78, 5) is 0. The summed E-state index contributed by atoms with van der Waals surface area (Å²) in [7, 11) is 1.31. The van der Waals surface area contributed by atoms with Crippen LogP contribution in [0.15, 0.2) is 36.4 Å². The first-order valence-electron chi connectivity index (χ1n) is 5.53. The predicted molar refractivity (Wildman–Crippen MR) is 73.5 cm³/mol. The lowest BCUT2D eigenvalue weighted by Crippen LogP contribution is -2.08. The number of hydrogen-bond acceptors (Lipinski definition) is 1. The van der Waals surface area contributed by atoms with E-state index in [0.717, 1.165) is 6.07 Å². The third-order valence-electron chi connectivity index (χ3n) is 2.70. The van der Waals surface area contributed by atoms with Crippen molar-refractivity contribution in [2.75, 3.05) is 7.11 Å². The number of ether oxygens (including phenoxy) is 1. The summed E-state index contributed by atoms with van der Waals surface area (Å²) >= 11 is 11.7. The highest BCUT2D eigenvalue weighted by molar-refractivity contribution is 6.35. The van der Waals surface area contributed by atoms with Gasteiger partial charge in [-0.15, -0.1) is 0 Å². The van der Waals surface area contributed by atoms with E-state index in [9.17, 15) is 13.2 Å². The van der Waals surface area contributed by atoms with E-state index in [2.05, 4.69) is 0 Å². The van der Waals surface area contributed by atoms with Crippen molar-refractivity contribution in [2.45, 2.75) is 6.18 Å². The van der Waals surface area contributed by atoms with Gasteiger partial charge in [-0.05, 0) is 35.9 Å². The van der Waals surface area contributed by atoms with Crippen LogP contribution >= 0.6 is 23.2 Å². The molecule has 2 rings (SSSR count). The van der Waals surface area contributed by atoms with Gasteiger partial charge in [0.15, 0.2) is 0 Å². The van der Waals surface area contributed by atoms with E-state index in [1.165, 1.54) is 37.4 Å².